The topological polar surface area (TPSA) is 0 Å². The van der Waals surface area contributed by atoms with Crippen molar-refractivity contribution in [2.45, 2.75) is 73.6 Å². The van der Waals surface area contributed by atoms with Gasteiger partial charge in [-0.2, -0.15) is 0 Å². The summed E-state index contributed by atoms with van der Waals surface area (Å²) in [6, 6.07) is 0. The van der Waals surface area contributed by atoms with E-state index in [9.17, 15) is 0 Å². The summed E-state index contributed by atoms with van der Waals surface area (Å²) >= 11 is 0. The van der Waals surface area contributed by atoms with Gasteiger partial charge in [0.2, 0.25) is 0 Å². The molecular weight excluding hydrogens is 336 g/mol. The minimum atomic E-state index is 0.260. The van der Waals surface area contributed by atoms with Gasteiger partial charge in [0.05, 0.1) is 0 Å². The molecule has 0 radical (unpaired) electrons. The average Bonchev–Trinajstić information content (AvgIpc) is 3.02. The molecule has 0 amide bonds. The van der Waals surface area contributed by atoms with Gasteiger partial charge in [0, 0.05) is 5.41 Å². The molecule has 0 saturated heterocycles. The van der Waals surface area contributed by atoms with E-state index < -0.39 is 0 Å². The van der Waals surface area contributed by atoms with E-state index in [1.807, 2.05) is 0 Å². The molecule has 0 spiro atoms. The fraction of sp³-hybridized carbons (Fsp3) is 0.643. The Kier molecular flexibility index (Phi) is 5.13. The highest BCUT2D eigenvalue weighted by molar-refractivity contribution is 5.56. The van der Waals surface area contributed by atoms with Gasteiger partial charge in [-0.15, -0.1) is 0 Å². The molecule has 4 aliphatic rings. The second-order valence-corrected chi connectivity index (χ2v) is 10.9. The lowest BCUT2D eigenvalue weighted by Crippen LogP contribution is -2.39. The van der Waals surface area contributed by atoms with Gasteiger partial charge in [0.15, 0.2) is 0 Å². The number of fused-ring (bicyclic) bond motifs is 5. The molecule has 4 rings (SSSR count). The fourth-order valence-electron chi connectivity index (χ4n) is 6.64. The largest absolute Gasteiger partial charge is 0.0852 e. The summed E-state index contributed by atoms with van der Waals surface area (Å²) in [5.74, 6) is 3.63. The molecule has 0 nitrogen and oxygen atoms in total. The summed E-state index contributed by atoms with van der Waals surface area (Å²) in [6.45, 7) is 14.6. The molecule has 1 fully saturated rings. The number of rotatable bonds is 4. The molecule has 1 saturated carbocycles. The van der Waals surface area contributed by atoms with Crippen LogP contribution in [0.4, 0.5) is 0 Å². The minimum absolute atomic E-state index is 0.260. The molecule has 6 atom stereocenters. The molecule has 0 aromatic heterocycles. The summed E-state index contributed by atoms with van der Waals surface area (Å²) in [7, 11) is 0. The number of hydrogen-bond acceptors (Lipinski definition) is 0. The molecule has 152 valence electrons. The van der Waals surface area contributed by atoms with Crippen molar-refractivity contribution in [3.8, 4) is 0 Å². The van der Waals surface area contributed by atoms with Crippen molar-refractivity contribution in [1.82, 2.24) is 0 Å². The van der Waals surface area contributed by atoms with Crippen LogP contribution in [0.2, 0.25) is 0 Å². The monoisotopic (exact) mass is 376 g/mol. The lowest BCUT2D eigenvalue weighted by Gasteiger charge is -2.49. The van der Waals surface area contributed by atoms with Crippen LogP contribution < -0.4 is 0 Å². The van der Waals surface area contributed by atoms with Crippen LogP contribution in [0, 0.1) is 40.4 Å². The molecule has 0 aromatic rings. The summed E-state index contributed by atoms with van der Waals surface area (Å²) in [5.41, 5.74) is 5.58. The van der Waals surface area contributed by atoms with E-state index in [0.717, 1.165) is 17.8 Å². The third kappa shape index (κ3) is 3.03. The molecule has 0 aromatic carbocycles. The zero-order valence-electron chi connectivity index (χ0n) is 19.0. The van der Waals surface area contributed by atoms with E-state index in [2.05, 4.69) is 84.1 Å². The first kappa shape index (κ1) is 20.0. The van der Waals surface area contributed by atoms with E-state index in [4.69, 9.17) is 0 Å². The lowest BCUT2D eigenvalue weighted by molar-refractivity contribution is 0.142. The highest BCUT2D eigenvalue weighted by Crippen LogP contribution is 2.63. The van der Waals surface area contributed by atoms with Crippen LogP contribution in [-0.2, 0) is 0 Å². The maximum atomic E-state index is 2.65. The summed E-state index contributed by atoms with van der Waals surface area (Å²) in [4.78, 5) is 0. The van der Waals surface area contributed by atoms with Gasteiger partial charge in [-0.05, 0) is 83.8 Å². The van der Waals surface area contributed by atoms with Crippen LogP contribution in [-0.4, -0.2) is 0 Å². The number of hydrogen-bond donors (Lipinski definition) is 0. The van der Waals surface area contributed by atoms with Crippen molar-refractivity contribution >= 4 is 0 Å². The first-order valence-corrected chi connectivity index (χ1v) is 11.8. The van der Waals surface area contributed by atoms with Crippen molar-refractivity contribution in [2.24, 2.45) is 40.4 Å². The maximum absolute atomic E-state index is 2.65. The Hall–Kier alpha value is -1.30. The molecule has 0 heteroatoms. The van der Waals surface area contributed by atoms with Crippen molar-refractivity contribution in [2.75, 3.05) is 0 Å². The highest BCUT2D eigenvalue weighted by Gasteiger charge is 2.53. The molecule has 0 aliphatic heterocycles. The third-order valence-corrected chi connectivity index (χ3v) is 9.03. The Labute approximate surface area is 173 Å². The highest BCUT2D eigenvalue weighted by atomic mass is 14.6. The van der Waals surface area contributed by atoms with E-state index >= 15 is 0 Å². The van der Waals surface area contributed by atoms with E-state index in [0.29, 0.717) is 17.3 Å². The average molecular weight is 377 g/mol. The van der Waals surface area contributed by atoms with Gasteiger partial charge in [0.25, 0.3) is 0 Å². The van der Waals surface area contributed by atoms with E-state index in [-0.39, 0.29) is 5.41 Å². The van der Waals surface area contributed by atoms with E-state index in [1.165, 1.54) is 37.7 Å². The first-order chi connectivity index (χ1) is 13.3. The van der Waals surface area contributed by atoms with Crippen LogP contribution in [0.5, 0.6) is 0 Å². The van der Waals surface area contributed by atoms with Crippen LogP contribution in [0.1, 0.15) is 73.6 Å². The number of allylic oxidation sites excluding steroid dienone is 10. The van der Waals surface area contributed by atoms with Crippen molar-refractivity contribution < 1.29 is 0 Å². The summed E-state index contributed by atoms with van der Waals surface area (Å²) in [6.07, 6.45) is 23.9. The Morgan fingerprint density at radius 2 is 1.82 bits per heavy atom. The summed E-state index contributed by atoms with van der Waals surface area (Å²) < 4.78 is 0. The SMILES string of the molecule is CC(C)[C@@H](C)C=C[C@@H](C)[C@H]1CC[C@H]2C3=CC=C4C=CCC[C@]4(C)C3=CC[C@]12C. The van der Waals surface area contributed by atoms with Gasteiger partial charge in [-0.3, -0.25) is 0 Å². The smallest absolute Gasteiger partial charge is 0.0177 e. The predicted molar refractivity (Wildman–Crippen MR) is 122 cm³/mol. The van der Waals surface area contributed by atoms with Gasteiger partial charge in [-0.1, -0.05) is 84.1 Å². The van der Waals surface area contributed by atoms with Gasteiger partial charge in [-0.25, -0.2) is 0 Å². The fourth-order valence-corrected chi connectivity index (χ4v) is 6.64. The predicted octanol–water partition coefficient (Wildman–Crippen LogP) is 8.06. The molecule has 4 aliphatic carbocycles. The van der Waals surface area contributed by atoms with Gasteiger partial charge < -0.3 is 0 Å². The minimum Gasteiger partial charge on any atom is -0.0852 e. The Morgan fingerprint density at radius 3 is 2.57 bits per heavy atom. The molecule has 0 bridgehead atoms. The lowest BCUT2D eigenvalue weighted by atomic mass is 9.55. The van der Waals surface area contributed by atoms with Crippen LogP contribution in [0.25, 0.3) is 0 Å². The van der Waals surface area contributed by atoms with Gasteiger partial charge in [0.1, 0.15) is 0 Å². The Bertz CT molecular complexity index is 770. The second kappa shape index (κ2) is 7.19. The zero-order valence-corrected chi connectivity index (χ0v) is 19.0. The second-order valence-electron chi connectivity index (χ2n) is 10.9. The van der Waals surface area contributed by atoms with Crippen LogP contribution in [0.15, 0.2) is 59.3 Å². The standard InChI is InChI=1S/C28H40/c1-19(2)20(3)10-11-21(4)24-14-15-25-23-13-12-22-9-7-8-17-27(22,5)26(23)16-18-28(24,25)6/h7,9-13,16,19-21,24-25H,8,14-15,17-18H2,1-6H3/t20-,21+,24+,25-,27-,28+/m0/s1. The van der Waals surface area contributed by atoms with Crippen molar-refractivity contribution in [3.05, 3.63) is 59.3 Å². The maximum Gasteiger partial charge on any atom is 0.0177 e. The van der Waals surface area contributed by atoms with Gasteiger partial charge >= 0.3 is 0 Å². The zero-order chi connectivity index (χ0) is 20.1. The van der Waals surface area contributed by atoms with Crippen molar-refractivity contribution in [3.63, 3.8) is 0 Å². The molecule has 0 unspecified atom stereocenters. The molecule has 0 N–H and O–H groups in total. The normalized spacial score (nSPS) is 39.0. The third-order valence-electron chi connectivity index (χ3n) is 9.03. The van der Waals surface area contributed by atoms with Crippen molar-refractivity contribution in [1.29, 1.82) is 0 Å². The van der Waals surface area contributed by atoms with Crippen LogP contribution in [0.3, 0.4) is 0 Å². The van der Waals surface area contributed by atoms with E-state index in [1.54, 1.807) is 11.1 Å². The summed E-state index contributed by atoms with van der Waals surface area (Å²) in [5, 5.41) is 0. The Morgan fingerprint density at radius 1 is 1.04 bits per heavy atom. The first-order valence-electron chi connectivity index (χ1n) is 11.8. The Balaban J connectivity index is 1.62. The van der Waals surface area contributed by atoms with Crippen LogP contribution >= 0.6 is 0 Å². The quantitative estimate of drug-likeness (QED) is 0.435. The molecule has 28 heavy (non-hydrogen) atoms. The molecule has 0 heterocycles. The molecular formula is C28H40.